The van der Waals surface area contributed by atoms with Crippen molar-refractivity contribution in [2.45, 2.75) is 75.8 Å². The zero-order valence-corrected chi connectivity index (χ0v) is 43.5. The van der Waals surface area contributed by atoms with Crippen molar-refractivity contribution >= 4 is 69.1 Å². The molecule has 11 nitrogen and oxygen atoms in total. The number of thiocarbonyl (C=S) groups is 1. The number of piperidine rings is 2. The van der Waals surface area contributed by atoms with Gasteiger partial charge in [0.1, 0.15) is 12.1 Å². The number of halogens is 8. The number of benzene rings is 4. The van der Waals surface area contributed by atoms with E-state index in [2.05, 4.69) is 47.3 Å². The summed E-state index contributed by atoms with van der Waals surface area (Å²) in [6.07, 6.45) is -1.73. The molecule has 0 radical (unpaired) electrons. The standard InChI is InChI=1S/C27H31ClF3N5O.C27H31ClF3N5S/c2*28-25-18-23(6-3-20(25)19-32)33-22-9-12-36(13-10-22)26(37)2-1-11-34-14-16-35(17-15-34)24-7-4-21(5-8-24)27(29,30)31/h2*3-8,18,22,33H,1-2,9-17H2. The molecule has 396 valence electrons. The van der Waals surface area contributed by atoms with Crippen molar-refractivity contribution in [3.8, 4) is 12.1 Å². The summed E-state index contributed by atoms with van der Waals surface area (Å²) in [5.41, 5.74) is 3.16. The second kappa shape index (κ2) is 26.3. The van der Waals surface area contributed by atoms with E-state index in [-0.39, 0.29) is 11.9 Å². The highest BCUT2D eigenvalue weighted by molar-refractivity contribution is 7.80. The minimum atomic E-state index is -4.32. The number of anilines is 4. The summed E-state index contributed by atoms with van der Waals surface area (Å²) < 4.78 is 76.7. The summed E-state index contributed by atoms with van der Waals surface area (Å²) in [5, 5.41) is 25.9. The van der Waals surface area contributed by atoms with E-state index >= 15 is 0 Å². The first-order chi connectivity index (χ1) is 35.4. The molecular weight excluding hydrogens is 1020 g/mol. The summed E-state index contributed by atoms with van der Waals surface area (Å²) in [7, 11) is 0. The number of amides is 1. The van der Waals surface area contributed by atoms with E-state index in [4.69, 9.17) is 45.9 Å². The van der Waals surface area contributed by atoms with Crippen molar-refractivity contribution in [2.24, 2.45) is 0 Å². The number of rotatable bonds is 14. The molecule has 4 heterocycles. The van der Waals surface area contributed by atoms with Crippen LogP contribution in [0.4, 0.5) is 49.1 Å². The van der Waals surface area contributed by atoms with E-state index in [1.54, 1.807) is 36.4 Å². The van der Waals surface area contributed by atoms with E-state index in [0.717, 1.165) is 175 Å². The van der Waals surface area contributed by atoms with Crippen molar-refractivity contribution in [3.63, 3.8) is 0 Å². The van der Waals surface area contributed by atoms with Gasteiger partial charge in [-0.25, -0.2) is 0 Å². The fourth-order valence-electron chi connectivity index (χ4n) is 9.81. The van der Waals surface area contributed by atoms with Gasteiger partial charge >= 0.3 is 12.4 Å². The van der Waals surface area contributed by atoms with Gasteiger partial charge in [0.05, 0.1) is 37.3 Å². The molecule has 0 aromatic heterocycles. The van der Waals surface area contributed by atoms with Gasteiger partial charge in [0.2, 0.25) is 5.91 Å². The highest BCUT2D eigenvalue weighted by atomic mass is 35.5. The zero-order chi connectivity index (χ0) is 52.8. The molecule has 4 saturated heterocycles. The number of nitrogens with zero attached hydrogens (tertiary/aromatic N) is 8. The van der Waals surface area contributed by atoms with Gasteiger partial charge in [0.15, 0.2) is 0 Å². The van der Waals surface area contributed by atoms with Gasteiger partial charge in [-0.3, -0.25) is 14.6 Å². The first kappa shape index (κ1) is 56.2. The summed E-state index contributed by atoms with van der Waals surface area (Å²) in [6, 6.07) is 26.3. The minimum Gasteiger partial charge on any atom is -0.382 e. The second-order valence-corrected chi connectivity index (χ2v) is 20.5. The molecule has 4 aromatic rings. The predicted molar refractivity (Wildman–Crippen MR) is 285 cm³/mol. The Kier molecular flexibility index (Phi) is 20.0. The number of nitrogens with one attached hydrogen (secondary N) is 2. The third-order valence-corrected chi connectivity index (χ3v) is 15.3. The Morgan fingerprint density at radius 3 is 1.30 bits per heavy atom. The number of hydrogen-bond donors (Lipinski definition) is 2. The molecule has 20 heteroatoms. The normalized spacial score (nSPS) is 17.5. The maximum Gasteiger partial charge on any atom is 0.416 e. The molecule has 74 heavy (non-hydrogen) atoms. The molecule has 1 amide bonds. The molecule has 4 fully saturated rings. The van der Waals surface area contributed by atoms with E-state index in [0.29, 0.717) is 46.7 Å². The highest BCUT2D eigenvalue weighted by Gasteiger charge is 2.32. The molecule has 0 bridgehead atoms. The molecule has 4 aliphatic rings. The quantitative estimate of drug-likeness (QED) is 0.0931. The summed E-state index contributed by atoms with van der Waals surface area (Å²) in [5.74, 6) is 0.184. The van der Waals surface area contributed by atoms with Crippen LogP contribution in [0.1, 0.15) is 73.6 Å². The number of hydrogen-bond acceptors (Lipinski definition) is 10. The Morgan fingerprint density at radius 1 is 0.554 bits per heavy atom. The number of carbonyl (C=O) groups excluding carboxylic acids is 1. The van der Waals surface area contributed by atoms with Crippen molar-refractivity contribution < 1.29 is 31.1 Å². The predicted octanol–water partition coefficient (Wildman–Crippen LogP) is 11.3. The number of piperazine rings is 2. The lowest BCUT2D eigenvalue weighted by Crippen LogP contribution is -2.47. The summed E-state index contributed by atoms with van der Waals surface area (Å²) >= 11 is 18.0. The van der Waals surface area contributed by atoms with Gasteiger partial charge in [-0.15, -0.1) is 0 Å². The van der Waals surface area contributed by atoms with Crippen LogP contribution < -0.4 is 20.4 Å². The summed E-state index contributed by atoms with van der Waals surface area (Å²) in [6.45, 7) is 11.6. The minimum absolute atomic E-state index is 0.184. The molecule has 0 saturated carbocycles. The Bertz CT molecular complexity index is 2380. The van der Waals surface area contributed by atoms with Crippen LogP contribution in [0, 0.1) is 22.7 Å². The maximum atomic E-state index is 12.8. The van der Waals surface area contributed by atoms with Crippen molar-refractivity contribution in [3.05, 3.63) is 117 Å². The SMILES string of the molecule is N#Cc1ccc(NC2CCN(C(=O)CCCN3CCN(c4ccc(C(F)(F)F)cc4)CC3)CC2)cc1Cl.N#Cc1ccc(NC2CCN(C(=S)CCCN3CCN(c4ccc(C(F)(F)F)cc4)CC3)CC2)cc1Cl. The van der Waals surface area contributed by atoms with Crippen LogP contribution in [0.3, 0.4) is 0 Å². The lowest BCUT2D eigenvalue weighted by molar-refractivity contribution is -0.138. The third-order valence-electron chi connectivity index (χ3n) is 14.2. The van der Waals surface area contributed by atoms with Gasteiger partial charge in [-0.2, -0.15) is 36.9 Å². The molecule has 0 unspecified atom stereocenters. The van der Waals surface area contributed by atoms with Crippen LogP contribution in [0.2, 0.25) is 10.0 Å². The first-order valence-electron chi connectivity index (χ1n) is 25.2. The van der Waals surface area contributed by atoms with Crippen molar-refractivity contribution in [1.29, 1.82) is 10.5 Å². The second-order valence-electron chi connectivity index (χ2n) is 19.2. The zero-order valence-electron chi connectivity index (χ0n) is 41.2. The monoisotopic (exact) mass is 1080 g/mol. The Balaban J connectivity index is 0.000000216. The number of alkyl halides is 6. The number of nitriles is 2. The van der Waals surface area contributed by atoms with Gasteiger partial charge < -0.3 is 30.2 Å². The molecule has 0 atom stereocenters. The van der Waals surface area contributed by atoms with Crippen LogP contribution in [0.5, 0.6) is 0 Å². The highest BCUT2D eigenvalue weighted by Crippen LogP contribution is 2.33. The fraction of sp³-hybridized carbons (Fsp3) is 0.481. The molecule has 4 aliphatic heterocycles. The van der Waals surface area contributed by atoms with Crippen LogP contribution in [0.15, 0.2) is 84.9 Å². The first-order valence-corrected chi connectivity index (χ1v) is 26.4. The van der Waals surface area contributed by atoms with Crippen molar-refractivity contribution in [2.75, 3.05) is 112 Å². The van der Waals surface area contributed by atoms with E-state index < -0.39 is 23.5 Å². The molecule has 4 aromatic carbocycles. The van der Waals surface area contributed by atoms with Gasteiger partial charge in [-0.1, -0.05) is 35.4 Å². The number of likely N-dealkylation sites (tertiary alicyclic amines) is 2. The molecule has 0 aliphatic carbocycles. The van der Waals surface area contributed by atoms with Crippen molar-refractivity contribution in [1.82, 2.24) is 19.6 Å². The van der Waals surface area contributed by atoms with Crippen LogP contribution >= 0.6 is 35.4 Å². The van der Waals surface area contributed by atoms with Crippen LogP contribution in [-0.2, 0) is 17.1 Å². The maximum absolute atomic E-state index is 12.8. The lowest BCUT2D eigenvalue weighted by atomic mass is 10.0. The Labute approximate surface area is 445 Å². The molecule has 8 rings (SSSR count). The summed E-state index contributed by atoms with van der Waals surface area (Å²) in [4.78, 5) is 26.9. The lowest BCUT2D eigenvalue weighted by Gasteiger charge is -2.37. The van der Waals surface area contributed by atoms with Crippen LogP contribution in [-0.4, -0.2) is 134 Å². The third kappa shape index (κ3) is 16.3. The van der Waals surface area contributed by atoms with Gasteiger partial charge in [0.25, 0.3) is 0 Å². The smallest absolute Gasteiger partial charge is 0.382 e. The average molecular weight is 1080 g/mol. The van der Waals surface area contributed by atoms with E-state index in [1.165, 1.54) is 12.1 Å². The average Bonchev–Trinajstić information content (AvgIpc) is 3.39. The number of carbonyl (C=O) groups is 1. The van der Waals surface area contributed by atoms with E-state index in [9.17, 15) is 31.1 Å². The Morgan fingerprint density at radius 2 is 0.932 bits per heavy atom. The Hall–Kier alpha value is -5.50. The largest absolute Gasteiger partial charge is 0.416 e. The van der Waals surface area contributed by atoms with E-state index in [1.807, 2.05) is 17.0 Å². The fourth-order valence-corrected chi connectivity index (χ4v) is 10.6. The van der Waals surface area contributed by atoms with Crippen LogP contribution in [0.25, 0.3) is 0 Å². The molecular formula is C54H62Cl2F6N10OS. The molecule has 0 spiro atoms. The topological polar surface area (TPSA) is 108 Å². The van der Waals surface area contributed by atoms with Gasteiger partial charge in [-0.05, 0) is 143 Å². The van der Waals surface area contributed by atoms with Gasteiger partial charge in [0, 0.05) is 120 Å². The molecule has 2 N–H and O–H groups in total.